The van der Waals surface area contributed by atoms with Gasteiger partial charge in [-0.25, -0.2) is 4.98 Å². The monoisotopic (exact) mass is 351 g/mol. The fraction of sp³-hybridized carbons (Fsp3) is 0.429. The summed E-state index contributed by atoms with van der Waals surface area (Å²) in [5.74, 6) is 1.28. The second-order valence-corrected chi connectivity index (χ2v) is 7.39. The highest BCUT2D eigenvalue weighted by atomic mass is 16.5. The summed E-state index contributed by atoms with van der Waals surface area (Å²) in [7, 11) is 2.16. The van der Waals surface area contributed by atoms with Crippen LogP contribution >= 0.6 is 0 Å². The van der Waals surface area contributed by atoms with Crippen LogP contribution in [0, 0.1) is 0 Å². The van der Waals surface area contributed by atoms with Crippen molar-refractivity contribution in [1.29, 1.82) is 0 Å². The molecule has 0 saturated carbocycles. The number of hydrogen-bond acceptors (Lipinski definition) is 4. The molecule has 1 aromatic heterocycles. The van der Waals surface area contributed by atoms with E-state index in [4.69, 9.17) is 4.74 Å². The maximum atomic E-state index is 13.2. The Balaban J connectivity index is 1.53. The summed E-state index contributed by atoms with van der Waals surface area (Å²) in [6.45, 7) is 2.96. The number of benzene rings is 1. The molecule has 1 aromatic carbocycles. The summed E-state index contributed by atoms with van der Waals surface area (Å²) in [6, 6.07) is 13.1. The molecule has 0 aliphatic carbocycles. The number of nitrogens with zero attached hydrogens (tertiary/aromatic N) is 3. The van der Waals surface area contributed by atoms with Crippen LogP contribution in [0.2, 0.25) is 0 Å². The van der Waals surface area contributed by atoms with E-state index in [-0.39, 0.29) is 11.4 Å². The molecule has 136 valence electrons. The molecule has 3 heterocycles. The Morgan fingerprint density at radius 1 is 1.08 bits per heavy atom. The molecule has 0 N–H and O–H groups in total. The molecule has 0 atom stereocenters. The molecule has 1 amide bonds. The maximum absolute atomic E-state index is 13.2. The SMILES string of the molecule is CN1CCC2(CCCN2C(=O)c2ccnc(Oc3ccccc3)c2)CC1. The van der Waals surface area contributed by atoms with Crippen molar-refractivity contribution in [1.82, 2.24) is 14.8 Å². The van der Waals surface area contributed by atoms with E-state index in [9.17, 15) is 4.79 Å². The number of likely N-dealkylation sites (tertiary alicyclic amines) is 2. The molecule has 26 heavy (non-hydrogen) atoms. The quantitative estimate of drug-likeness (QED) is 0.848. The van der Waals surface area contributed by atoms with Gasteiger partial charge >= 0.3 is 0 Å². The van der Waals surface area contributed by atoms with Crippen molar-refractivity contribution in [3.05, 3.63) is 54.2 Å². The van der Waals surface area contributed by atoms with Gasteiger partial charge in [-0.15, -0.1) is 0 Å². The van der Waals surface area contributed by atoms with Gasteiger partial charge in [0.05, 0.1) is 0 Å². The van der Waals surface area contributed by atoms with E-state index >= 15 is 0 Å². The van der Waals surface area contributed by atoms with Crippen LogP contribution in [0.1, 0.15) is 36.0 Å². The first-order chi connectivity index (χ1) is 12.7. The lowest BCUT2D eigenvalue weighted by atomic mass is 9.85. The molecule has 4 rings (SSSR count). The minimum Gasteiger partial charge on any atom is -0.439 e. The van der Waals surface area contributed by atoms with Crippen molar-refractivity contribution in [2.75, 3.05) is 26.7 Å². The normalized spacial score (nSPS) is 19.7. The number of pyridine rings is 1. The van der Waals surface area contributed by atoms with E-state index in [1.54, 1.807) is 18.3 Å². The van der Waals surface area contributed by atoms with Crippen LogP contribution in [0.4, 0.5) is 0 Å². The molecule has 0 bridgehead atoms. The zero-order chi connectivity index (χ0) is 18.0. The molecule has 0 unspecified atom stereocenters. The van der Waals surface area contributed by atoms with E-state index < -0.39 is 0 Å². The van der Waals surface area contributed by atoms with Gasteiger partial charge in [0.15, 0.2) is 0 Å². The van der Waals surface area contributed by atoms with Crippen molar-refractivity contribution in [2.24, 2.45) is 0 Å². The summed E-state index contributed by atoms with van der Waals surface area (Å²) in [5, 5.41) is 0. The Morgan fingerprint density at radius 3 is 2.62 bits per heavy atom. The van der Waals surface area contributed by atoms with Gasteiger partial charge in [-0.1, -0.05) is 18.2 Å². The molecule has 0 radical (unpaired) electrons. The van der Waals surface area contributed by atoms with Crippen LogP contribution in [0.3, 0.4) is 0 Å². The Bertz CT molecular complexity index is 770. The van der Waals surface area contributed by atoms with Crippen molar-refractivity contribution in [3.8, 4) is 11.6 Å². The lowest BCUT2D eigenvalue weighted by Crippen LogP contribution is -2.53. The Kier molecular flexibility index (Phi) is 4.64. The number of para-hydroxylation sites is 1. The highest BCUT2D eigenvalue weighted by molar-refractivity contribution is 5.95. The van der Waals surface area contributed by atoms with Crippen molar-refractivity contribution in [2.45, 2.75) is 31.2 Å². The summed E-state index contributed by atoms with van der Waals surface area (Å²) >= 11 is 0. The van der Waals surface area contributed by atoms with Crippen LogP contribution < -0.4 is 4.74 Å². The van der Waals surface area contributed by atoms with Crippen LogP contribution in [-0.4, -0.2) is 52.9 Å². The van der Waals surface area contributed by atoms with Crippen molar-refractivity contribution in [3.63, 3.8) is 0 Å². The third-order valence-corrected chi connectivity index (χ3v) is 5.71. The number of amides is 1. The Hall–Kier alpha value is -2.40. The Labute approximate surface area is 154 Å². The number of aromatic nitrogens is 1. The van der Waals surface area contributed by atoms with Gasteiger partial charge in [0.2, 0.25) is 5.88 Å². The number of carbonyl (C=O) groups excluding carboxylic acids is 1. The van der Waals surface area contributed by atoms with Gasteiger partial charge < -0.3 is 14.5 Å². The molecule has 5 heteroatoms. The number of piperidine rings is 1. The van der Waals surface area contributed by atoms with Crippen LogP contribution in [-0.2, 0) is 0 Å². The molecular formula is C21H25N3O2. The summed E-state index contributed by atoms with van der Waals surface area (Å²) in [4.78, 5) is 22.0. The average molecular weight is 351 g/mol. The lowest BCUT2D eigenvalue weighted by molar-refractivity contribution is 0.0408. The van der Waals surface area contributed by atoms with Gasteiger partial charge in [-0.05, 0) is 50.9 Å². The van der Waals surface area contributed by atoms with Crippen molar-refractivity contribution >= 4 is 5.91 Å². The molecule has 1 spiro atoms. The summed E-state index contributed by atoms with van der Waals surface area (Å²) in [6.07, 6.45) is 5.99. The Morgan fingerprint density at radius 2 is 1.85 bits per heavy atom. The first-order valence-corrected chi connectivity index (χ1v) is 9.36. The van der Waals surface area contributed by atoms with Crippen LogP contribution in [0.25, 0.3) is 0 Å². The van der Waals surface area contributed by atoms with Gasteiger partial charge in [0.1, 0.15) is 5.75 Å². The highest BCUT2D eigenvalue weighted by Crippen LogP contribution is 2.39. The fourth-order valence-electron chi connectivity index (χ4n) is 4.17. The average Bonchev–Trinajstić information content (AvgIpc) is 3.08. The maximum Gasteiger partial charge on any atom is 0.254 e. The fourth-order valence-corrected chi connectivity index (χ4v) is 4.17. The standard InChI is InChI=1S/C21H25N3O2/c1-23-14-10-21(11-15-23)9-5-13-24(21)20(25)17-8-12-22-19(16-17)26-18-6-3-2-4-7-18/h2-4,6-8,12,16H,5,9-11,13-15H2,1H3. The second-order valence-electron chi connectivity index (χ2n) is 7.39. The third kappa shape index (κ3) is 3.31. The number of ether oxygens (including phenoxy) is 1. The molecule has 2 aliphatic rings. The molecule has 2 saturated heterocycles. The van der Waals surface area contributed by atoms with Gasteiger partial charge in [-0.3, -0.25) is 4.79 Å². The minimum absolute atomic E-state index is 0.0350. The summed E-state index contributed by atoms with van der Waals surface area (Å²) in [5.41, 5.74) is 0.693. The second kappa shape index (κ2) is 7.08. The minimum atomic E-state index is 0.0350. The molecule has 5 nitrogen and oxygen atoms in total. The van der Waals surface area contributed by atoms with Gasteiger partial charge in [-0.2, -0.15) is 0 Å². The van der Waals surface area contributed by atoms with E-state index in [0.29, 0.717) is 11.4 Å². The van der Waals surface area contributed by atoms with E-state index in [0.717, 1.165) is 51.1 Å². The predicted molar refractivity (Wildman–Crippen MR) is 100 cm³/mol. The number of hydrogen-bond donors (Lipinski definition) is 0. The highest BCUT2D eigenvalue weighted by Gasteiger charge is 2.45. The zero-order valence-electron chi connectivity index (χ0n) is 15.2. The first-order valence-electron chi connectivity index (χ1n) is 9.36. The van der Waals surface area contributed by atoms with Gasteiger partial charge in [0, 0.05) is 43.0 Å². The smallest absolute Gasteiger partial charge is 0.254 e. The largest absolute Gasteiger partial charge is 0.439 e. The molecule has 2 aromatic rings. The molecule has 2 fully saturated rings. The van der Waals surface area contributed by atoms with Crippen molar-refractivity contribution < 1.29 is 9.53 Å². The van der Waals surface area contributed by atoms with Crippen LogP contribution in [0.15, 0.2) is 48.7 Å². The first kappa shape index (κ1) is 17.0. The lowest BCUT2D eigenvalue weighted by Gasteiger charge is -2.44. The summed E-state index contributed by atoms with van der Waals surface area (Å²) < 4.78 is 5.79. The van der Waals surface area contributed by atoms with Crippen LogP contribution in [0.5, 0.6) is 11.6 Å². The predicted octanol–water partition coefficient (Wildman–Crippen LogP) is 3.57. The van der Waals surface area contributed by atoms with E-state index in [1.807, 2.05) is 30.3 Å². The van der Waals surface area contributed by atoms with E-state index in [2.05, 4.69) is 21.8 Å². The molecular weight excluding hydrogens is 326 g/mol. The van der Waals surface area contributed by atoms with Gasteiger partial charge in [0.25, 0.3) is 5.91 Å². The van der Waals surface area contributed by atoms with E-state index in [1.165, 1.54) is 0 Å². The topological polar surface area (TPSA) is 45.7 Å². The number of carbonyl (C=O) groups is 1. The third-order valence-electron chi connectivity index (χ3n) is 5.71. The zero-order valence-corrected chi connectivity index (χ0v) is 15.2. The molecule has 2 aliphatic heterocycles. The number of rotatable bonds is 3.